The van der Waals surface area contributed by atoms with Crippen LogP contribution in [0, 0.1) is 5.92 Å². The molecule has 0 bridgehead atoms. The molecule has 0 saturated heterocycles. The standard InChI is InChI=1S/C10H11BrO/c11-9-3-1-2-7(4-9)10-5-8(10)6-12/h1-4,8,10,12H,5-6H2/t8-,10-/m1/s1. The lowest BCUT2D eigenvalue weighted by Gasteiger charge is -1.98. The Morgan fingerprint density at radius 1 is 1.50 bits per heavy atom. The first-order chi connectivity index (χ1) is 5.81. The summed E-state index contributed by atoms with van der Waals surface area (Å²) in [5.41, 5.74) is 1.35. The summed E-state index contributed by atoms with van der Waals surface area (Å²) in [7, 11) is 0. The molecule has 0 unspecified atom stereocenters. The highest BCUT2D eigenvalue weighted by molar-refractivity contribution is 9.10. The Kier molecular flexibility index (Phi) is 2.20. The number of halogens is 1. The van der Waals surface area contributed by atoms with Gasteiger partial charge in [-0.3, -0.25) is 0 Å². The van der Waals surface area contributed by atoms with E-state index in [0.29, 0.717) is 18.4 Å². The third-order valence-electron chi connectivity index (χ3n) is 2.43. The highest BCUT2D eigenvalue weighted by Gasteiger charge is 2.37. The van der Waals surface area contributed by atoms with Crippen molar-refractivity contribution in [1.29, 1.82) is 0 Å². The van der Waals surface area contributed by atoms with Crippen LogP contribution in [0.2, 0.25) is 0 Å². The van der Waals surface area contributed by atoms with E-state index in [1.165, 1.54) is 5.56 Å². The van der Waals surface area contributed by atoms with E-state index in [9.17, 15) is 0 Å². The highest BCUT2D eigenvalue weighted by atomic mass is 79.9. The lowest BCUT2D eigenvalue weighted by atomic mass is 10.1. The molecule has 0 radical (unpaired) electrons. The maximum absolute atomic E-state index is 8.90. The topological polar surface area (TPSA) is 20.2 Å². The van der Waals surface area contributed by atoms with Crippen molar-refractivity contribution < 1.29 is 5.11 Å². The molecule has 2 atom stereocenters. The van der Waals surface area contributed by atoms with Crippen molar-refractivity contribution in [2.75, 3.05) is 6.61 Å². The van der Waals surface area contributed by atoms with Crippen LogP contribution >= 0.6 is 15.9 Å². The molecular weight excluding hydrogens is 216 g/mol. The molecule has 64 valence electrons. The summed E-state index contributed by atoms with van der Waals surface area (Å²) < 4.78 is 1.13. The SMILES string of the molecule is OC[C@H]1C[C@@H]1c1cccc(Br)c1. The molecule has 2 heteroatoms. The van der Waals surface area contributed by atoms with Crippen molar-refractivity contribution in [2.24, 2.45) is 5.92 Å². The molecule has 1 aliphatic rings. The lowest BCUT2D eigenvalue weighted by Crippen LogP contribution is -1.88. The molecule has 0 spiro atoms. The van der Waals surface area contributed by atoms with Gasteiger partial charge in [0.15, 0.2) is 0 Å². The predicted molar refractivity (Wildman–Crippen MR) is 52.1 cm³/mol. The van der Waals surface area contributed by atoms with E-state index in [1.807, 2.05) is 12.1 Å². The average Bonchev–Trinajstić information content (AvgIpc) is 2.83. The third kappa shape index (κ3) is 1.54. The van der Waals surface area contributed by atoms with Gasteiger partial charge in [0.1, 0.15) is 0 Å². The Balaban J connectivity index is 2.14. The van der Waals surface area contributed by atoms with Gasteiger partial charge in [-0.25, -0.2) is 0 Å². The molecule has 1 saturated carbocycles. The van der Waals surface area contributed by atoms with Gasteiger partial charge in [0.05, 0.1) is 0 Å². The summed E-state index contributed by atoms with van der Waals surface area (Å²) in [5, 5.41) is 8.90. The summed E-state index contributed by atoms with van der Waals surface area (Å²) in [4.78, 5) is 0. The number of benzene rings is 1. The second-order valence-corrected chi connectivity index (χ2v) is 4.26. The molecule has 1 fully saturated rings. The Hall–Kier alpha value is -0.340. The monoisotopic (exact) mass is 226 g/mol. The van der Waals surface area contributed by atoms with Crippen LogP contribution in [0.4, 0.5) is 0 Å². The van der Waals surface area contributed by atoms with Crippen LogP contribution in [0.5, 0.6) is 0 Å². The maximum atomic E-state index is 8.90. The minimum atomic E-state index is 0.331. The molecule has 0 aliphatic heterocycles. The quantitative estimate of drug-likeness (QED) is 0.823. The Morgan fingerprint density at radius 2 is 2.33 bits per heavy atom. The summed E-state index contributed by atoms with van der Waals surface area (Å²) in [5.74, 6) is 1.12. The normalized spacial score (nSPS) is 27.2. The largest absolute Gasteiger partial charge is 0.396 e. The van der Waals surface area contributed by atoms with Crippen LogP contribution in [0.3, 0.4) is 0 Å². The highest BCUT2D eigenvalue weighted by Crippen LogP contribution is 2.47. The van der Waals surface area contributed by atoms with Gasteiger partial charge in [-0.1, -0.05) is 28.1 Å². The van der Waals surface area contributed by atoms with Gasteiger partial charge in [0, 0.05) is 11.1 Å². The van der Waals surface area contributed by atoms with Gasteiger partial charge in [0.2, 0.25) is 0 Å². The van der Waals surface area contributed by atoms with Gasteiger partial charge < -0.3 is 5.11 Å². The molecule has 1 N–H and O–H groups in total. The molecule has 2 rings (SSSR count). The maximum Gasteiger partial charge on any atom is 0.0465 e. The van der Waals surface area contributed by atoms with Crippen LogP contribution < -0.4 is 0 Å². The zero-order valence-corrected chi connectivity index (χ0v) is 8.29. The van der Waals surface area contributed by atoms with E-state index in [1.54, 1.807) is 0 Å². The summed E-state index contributed by atoms with van der Waals surface area (Å²) >= 11 is 3.44. The lowest BCUT2D eigenvalue weighted by molar-refractivity contribution is 0.274. The number of aliphatic hydroxyl groups excluding tert-OH is 1. The molecule has 0 amide bonds. The molecule has 1 aliphatic carbocycles. The van der Waals surface area contributed by atoms with Crippen LogP contribution in [0.15, 0.2) is 28.7 Å². The molecule has 1 aromatic rings. The smallest absolute Gasteiger partial charge is 0.0465 e. The number of aliphatic hydroxyl groups is 1. The van der Waals surface area contributed by atoms with Crippen LogP contribution in [-0.4, -0.2) is 11.7 Å². The first kappa shape index (κ1) is 8.27. The molecule has 1 nitrogen and oxygen atoms in total. The van der Waals surface area contributed by atoms with Gasteiger partial charge in [-0.2, -0.15) is 0 Å². The first-order valence-corrected chi connectivity index (χ1v) is 4.97. The fraction of sp³-hybridized carbons (Fsp3) is 0.400. The number of hydrogen-bond donors (Lipinski definition) is 1. The predicted octanol–water partition coefficient (Wildman–Crippen LogP) is 2.54. The zero-order chi connectivity index (χ0) is 8.55. The van der Waals surface area contributed by atoms with Crippen LogP contribution in [-0.2, 0) is 0 Å². The summed E-state index contributed by atoms with van der Waals surface area (Å²) in [6.45, 7) is 0.331. The van der Waals surface area contributed by atoms with Gasteiger partial charge in [-0.15, -0.1) is 0 Å². The van der Waals surface area contributed by atoms with Crippen molar-refractivity contribution in [2.45, 2.75) is 12.3 Å². The summed E-state index contributed by atoms with van der Waals surface area (Å²) in [6, 6.07) is 8.34. The molecular formula is C10H11BrO. The Bertz CT molecular complexity index is 285. The van der Waals surface area contributed by atoms with E-state index in [-0.39, 0.29) is 0 Å². The van der Waals surface area contributed by atoms with Gasteiger partial charge in [-0.05, 0) is 36.0 Å². The van der Waals surface area contributed by atoms with Gasteiger partial charge in [0.25, 0.3) is 0 Å². The average molecular weight is 227 g/mol. The number of hydrogen-bond acceptors (Lipinski definition) is 1. The van der Waals surface area contributed by atoms with Gasteiger partial charge >= 0.3 is 0 Å². The molecule has 0 heterocycles. The van der Waals surface area contributed by atoms with Crippen molar-refractivity contribution in [1.82, 2.24) is 0 Å². The van der Waals surface area contributed by atoms with E-state index in [2.05, 4.69) is 28.1 Å². The minimum absolute atomic E-state index is 0.331. The second kappa shape index (κ2) is 3.19. The second-order valence-electron chi connectivity index (χ2n) is 3.34. The minimum Gasteiger partial charge on any atom is -0.396 e. The summed E-state index contributed by atoms with van der Waals surface area (Å²) in [6.07, 6.45) is 1.15. The Morgan fingerprint density at radius 3 is 2.92 bits per heavy atom. The molecule has 1 aromatic carbocycles. The zero-order valence-electron chi connectivity index (χ0n) is 6.70. The van der Waals surface area contributed by atoms with E-state index in [0.717, 1.165) is 10.9 Å². The third-order valence-corrected chi connectivity index (χ3v) is 2.93. The van der Waals surface area contributed by atoms with Crippen LogP contribution in [0.25, 0.3) is 0 Å². The van der Waals surface area contributed by atoms with E-state index in [4.69, 9.17) is 5.11 Å². The fourth-order valence-electron chi connectivity index (χ4n) is 1.59. The Labute approximate surface area is 80.5 Å². The number of rotatable bonds is 2. The van der Waals surface area contributed by atoms with Crippen molar-refractivity contribution in [3.05, 3.63) is 34.3 Å². The van der Waals surface area contributed by atoms with Crippen LogP contribution in [0.1, 0.15) is 17.9 Å². The molecule has 0 aromatic heterocycles. The van der Waals surface area contributed by atoms with E-state index >= 15 is 0 Å². The molecule has 12 heavy (non-hydrogen) atoms. The van der Waals surface area contributed by atoms with Crippen molar-refractivity contribution in [3.8, 4) is 0 Å². The van der Waals surface area contributed by atoms with Crippen molar-refractivity contribution >= 4 is 15.9 Å². The van der Waals surface area contributed by atoms with Crippen molar-refractivity contribution in [3.63, 3.8) is 0 Å². The van der Waals surface area contributed by atoms with E-state index < -0.39 is 0 Å². The first-order valence-electron chi connectivity index (χ1n) is 4.17. The fourth-order valence-corrected chi connectivity index (χ4v) is 2.01.